The Morgan fingerprint density at radius 3 is 2.47 bits per heavy atom. The van der Waals surface area contributed by atoms with E-state index in [1.54, 1.807) is 12.0 Å². The van der Waals surface area contributed by atoms with Crippen molar-refractivity contribution in [3.8, 4) is 5.75 Å². The van der Waals surface area contributed by atoms with Gasteiger partial charge in [0.05, 0.1) is 7.11 Å². The lowest BCUT2D eigenvalue weighted by Crippen LogP contribution is -2.30. The van der Waals surface area contributed by atoms with Crippen LogP contribution in [0.25, 0.3) is 0 Å². The van der Waals surface area contributed by atoms with Crippen LogP contribution < -0.4 is 15.0 Å². The minimum absolute atomic E-state index is 0.116. The molecule has 19 heavy (non-hydrogen) atoms. The topological polar surface area (TPSA) is 41.6 Å². The number of benzene rings is 1. The highest BCUT2D eigenvalue weighted by atomic mass is 16.5. The van der Waals surface area contributed by atoms with E-state index >= 15 is 0 Å². The smallest absolute Gasteiger partial charge is 0.228 e. The van der Waals surface area contributed by atoms with Crippen LogP contribution in [0.15, 0.2) is 6.07 Å². The van der Waals surface area contributed by atoms with Gasteiger partial charge in [-0.3, -0.25) is 4.79 Å². The molecule has 0 aliphatic rings. The number of carbonyl (C=O) groups excluding carboxylic acids is 1. The molecule has 1 amide bonds. The lowest BCUT2D eigenvalue weighted by atomic mass is 10.0. The highest BCUT2D eigenvalue weighted by Crippen LogP contribution is 2.33. The zero-order chi connectivity index (χ0) is 14.6. The normalized spacial score (nSPS) is 10.4. The number of carbonyl (C=O) groups is 1. The van der Waals surface area contributed by atoms with Crippen molar-refractivity contribution in [1.82, 2.24) is 5.32 Å². The number of ether oxygens (including phenoxy) is 1. The molecule has 0 saturated carbocycles. The molecule has 1 aromatic rings. The van der Waals surface area contributed by atoms with Crippen molar-refractivity contribution in [3.05, 3.63) is 22.8 Å². The summed E-state index contributed by atoms with van der Waals surface area (Å²) >= 11 is 0. The predicted molar refractivity (Wildman–Crippen MR) is 79.2 cm³/mol. The minimum atomic E-state index is 0.116. The van der Waals surface area contributed by atoms with Crippen LogP contribution in [0.4, 0.5) is 5.69 Å². The van der Waals surface area contributed by atoms with Gasteiger partial charge in [-0.25, -0.2) is 0 Å². The average Bonchev–Trinajstić information content (AvgIpc) is 2.39. The van der Waals surface area contributed by atoms with E-state index in [0.717, 1.165) is 28.1 Å². The Morgan fingerprint density at radius 1 is 1.32 bits per heavy atom. The summed E-state index contributed by atoms with van der Waals surface area (Å²) < 4.78 is 5.35. The second kappa shape index (κ2) is 6.57. The predicted octanol–water partition coefficient (Wildman–Crippen LogP) is 2.19. The van der Waals surface area contributed by atoms with Gasteiger partial charge < -0.3 is 15.0 Å². The van der Waals surface area contributed by atoms with Crippen molar-refractivity contribution in [1.29, 1.82) is 0 Å². The molecule has 1 N–H and O–H groups in total. The third kappa shape index (κ3) is 3.26. The standard InChI is InChI=1S/C15H24N2O2/c1-10-9-13(19-6)11(2)12(3)15(10)17(5)14(18)7-8-16-4/h9,16H,7-8H2,1-6H3. The summed E-state index contributed by atoms with van der Waals surface area (Å²) in [5.41, 5.74) is 4.22. The summed E-state index contributed by atoms with van der Waals surface area (Å²) in [6.07, 6.45) is 0.497. The summed E-state index contributed by atoms with van der Waals surface area (Å²) in [6.45, 7) is 6.74. The Balaban J connectivity index is 3.13. The first-order valence-corrected chi connectivity index (χ1v) is 6.50. The lowest BCUT2D eigenvalue weighted by Gasteiger charge is -2.24. The maximum atomic E-state index is 12.1. The molecule has 0 spiro atoms. The molecule has 4 heteroatoms. The maximum Gasteiger partial charge on any atom is 0.228 e. The fraction of sp³-hybridized carbons (Fsp3) is 0.533. The van der Waals surface area contributed by atoms with Crippen molar-refractivity contribution in [2.24, 2.45) is 0 Å². The van der Waals surface area contributed by atoms with Crippen molar-refractivity contribution in [3.63, 3.8) is 0 Å². The molecule has 106 valence electrons. The van der Waals surface area contributed by atoms with Gasteiger partial charge in [0.2, 0.25) is 5.91 Å². The molecule has 0 fully saturated rings. The highest BCUT2D eigenvalue weighted by molar-refractivity contribution is 5.95. The maximum absolute atomic E-state index is 12.1. The van der Waals surface area contributed by atoms with E-state index in [9.17, 15) is 4.79 Å². The molecule has 0 aliphatic heterocycles. The molecule has 0 radical (unpaired) electrons. The Labute approximate surface area is 115 Å². The fourth-order valence-corrected chi connectivity index (χ4v) is 2.28. The Kier molecular flexibility index (Phi) is 5.36. The molecule has 4 nitrogen and oxygen atoms in total. The first-order chi connectivity index (χ1) is 8.93. The third-order valence-electron chi connectivity index (χ3n) is 3.53. The number of amides is 1. The zero-order valence-electron chi connectivity index (χ0n) is 12.8. The van der Waals surface area contributed by atoms with Gasteiger partial charge in [0.25, 0.3) is 0 Å². The van der Waals surface area contributed by atoms with Crippen LogP contribution in [0.3, 0.4) is 0 Å². The van der Waals surface area contributed by atoms with E-state index in [4.69, 9.17) is 4.74 Å². The number of aryl methyl sites for hydroxylation is 1. The largest absolute Gasteiger partial charge is 0.496 e. The van der Waals surface area contributed by atoms with Crippen LogP contribution in [-0.2, 0) is 4.79 Å². The summed E-state index contributed by atoms with van der Waals surface area (Å²) in [5, 5.41) is 3.00. The van der Waals surface area contributed by atoms with E-state index in [0.29, 0.717) is 13.0 Å². The third-order valence-corrected chi connectivity index (χ3v) is 3.53. The molecule has 0 aliphatic carbocycles. The minimum Gasteiger partial charge on any atom is -0.496 e. The Hall–Kier alpha value is -1.55. The number of hydrogen-bond acceptors (Lipinski definition) is 3. The zero-order valence-corrected chi connectivity index (χ0v) is 12.8. The second-order valence-electron chi connectivity index (χ2n) is 4.80. The molecule has 1 rings (SSSR count). The number of anilines is 1. The van der Waals surface area contributed by atoms with Crippen molar-refractivity contribution in [2.75, 3.05) is 32.6 Å². The van der Waals surface area contributed by atoms with Gasteiger partial charge in [-0.15, -0.1) is 0 Å². The van der Waals surface area contributed by atoms with E-state index < -0.39 is 0 Å². The average molecular weight is 264 g/mol. The lowest BCUT2D eigenvalue weighted by molar-refractivity contribution is -0.118. The SMILES string of the molecule is CNCCC(=O)N(C)c1c(C)cc(OC)c(C)c1C. The monoisotopic (exact) mass is 264 g/mol. The number of hydrogen-bond donors (Lipinski definition) is 1. The Morgan fingerprint density at radius 2 is 1.95 bits per heavy atom. The number of nitrogens with zero attached hydrogens (tertiary/aromatic N) is 1. The van der Waals surface area contributed by atoms with Crippen LogP contribution in [-0.4, -0.2) is 33.7 Å². The molecule has 0 atom stereocenters. The quantitative estimate of drug-likeness (QED) is 0.886. The first-order valence-electron chi connectivity index (χ1n) is 6.50. The van der Waals surface area contributed by atoms with Crippen LogP contribution >= 0.6 is 0 Å². The molecule has 0 unspecified atom stereocenters. The van der Waals surface area contributed by atoms with Crippen LogP contribution in [0.1, 0.15) is 23.1 Å². The summed E-state index contributed by atoms with van der Waals surface area (Å²) in [6, 6.07) is 1.99. The van der Waals surface area contributed by atoms with Gasteiger partial charge >= 0.3 is 0 Å². The van der Waals surface area contributed by atoms with Gasteiger partial charge in [-0.2, -0.15) is 0 Å². The summed E-state index contributed by atoms with van der Waals surface area (Å²) in [4.78, 5) is 13.9. The van der Waals surface area contributed by atoms with E-state index in [1.807, 2.05) is 40.9 Å². The number of rotatable bonds is 5. The van der Waals surface area contributed by atoms with Crippen LogP contribution in [0.5, 0.6) is 5.75 Å². The van der Waals surface area contributed by atoms with Crippen molar-refractivity contribution >= 4 is 11.6 Å². The van der Waals surface area contributed by atoms with Gasteiger partial charge in [0, 0.05) is 25.7 Å². The molecule has 0 heterocycles. The summed E-state index contributed by atoms with van der Waals surface area (Å²) in [5.74, 6) is 0.986. The van der Waals surface area contributed by atoms with Gasteiger partial charge in [-0.1, -0.05) is 0 Å². The molecule has 0 saturated heterocycles. The van der Waals surface area contributed by atoms with E-state index in [2.05, 4.69) is 5.32 Å². The number of methoxy groups -OCH3 is 1. The Bertz CT molecular complexity index is 470. The van der Waals surface area contributed by atoms with Crippen LogP contribution in [0, 0.1) is 20.8 Å². The highest BCUT2D eigenvalue weighted by Gasteiger charge is 2.18. The van der Waals surface area contributed by atoms with Gasteiger partial charge in [0.15, 0.2) is 0 Å². The fourth-order valence-electron chi connectivity index (χ4n) is 2.28. The van der Waals surface area contributed by atoms with Crippen LogP contribution in [0.2, 0.25) is 0 Å². The van der Waals surface area contributed by atoms with Gasteiger partial charge in [0.1, 0.15) is 5.75 Å². The number of nitrogens with one attached hydrogen (secondary N) is 1. The van der Waals surface area contributed by atoms with Crippen molar-refractivity contribution < 1.29 is 9.53 Å². The molecule has 0 aromatic heterocycles. The van der Waals surface area contributed by atoms with Gasteiger partial charge in [-0.05, 0) is 50.6 Å². The molecular weight excluding hydrogens is 240 g/mol. The second-order valence-corrected chi connectivity index (χ2v) is 4.80. The first kappa shape index (κ1) is 15.5. The molecule has 1 aromatic carbocycles. The summed E-state index contributed by atoms with van der Waals surface area (Å²) in [7, 11) is 5.35. The van der Waals surface area contributed by atoms with E-state index in [-0.39, 0.29) is 5.91 Å². The molecular formula is C15H24N2O2. The van der Waals surface area contributed by atoms with E-state index in [1.165, 1.54) is 0 Å². The van der Waals surface area contributed by atoms with Crippen molar-refractivity contribution in [2.45, 2.75) is 27.2 Å². The molecule has 0 bridgehead atoms.